The summed E-state index contributed by atoms with van der Waals surface area (Å²) in [6, 6.07) is 1.75. The summed E-state index contributed by atoms with van der Waals surface area (Å²) in [5.41, 5.74) is 5.14. The van der Waals surface area contributed by atoms with Gasteiger partial charge in [0.05, 0.1) is 8.66 Å². The quantitative estimate of drug-likeness (QED) is 0.633. The van der Waals surface area contributed by atoms with Crippen molar-refractivity contribution in [3.8, 4) is 0 Å². The third-order valence-electron chi connectivity index (χ3n) is 1.36. The summed E-state index contributed by atoms with van der Waals surface area (Å²) in [5.74, 6) is -1.88. The lowest BCUT2D eigenvalue weighted by Crippen LogP contribution is -2.38. The number of rotatable bonds is 3. The van der Waals surface area contributed by atoms with E-state index in [1.54, 1.807) is 12.1 Å². The molecular formula is C7H6BrNO3S. The van der Waals surface area contributed by atoms with Gasteiger partial charge in [0.2, 0.25) is 5.78 Å². The number of ketones is 1. The maximum atomic E-state index is 11.3. The summed E-state index contributed by atoms with van der Waals surface area (Å²) in [7, 11) is 0. The van der Waals surface area contributed by atoms with E-state index in [1.807, 2.05) is 0 Å². The Kier molecular flexibility index (Phi) is 3.18. The van der Waals surface area contributed by atoms with Gasteiger partial charge in [0.25, 0.3) is 0 Å². The molecule has 0 bridgehead atoms. The van der Waals surface area contributed by atoms with Crippen LogP contribution < -0.4 is 5.73 Å². The molecule has 0 amide bonds. The second-order valence-corrected chi connectivity index (χ2v) is 4.75. The zero-order valence-electron chi connectivity index (χ0n) is 6.36. The summed E-state index contributed by atoms with van der Waals surface area (Å²) < 4.78 is 0.772. The fourth-order valence-corrected chi connectivity index (χ4v) is 2.08. The normalized spacial score (nSPS) is 12.5. The van der Waals surface area contributed by atoms with Crippen LogP contribution in [0.3, 0.4) is 0 Å². The van der Waals surface area contributed by atoms with Gasteiger partial charge in [0, 0.05) is 0 Å². The number of aliphatic carboxylic acids is 1. The molecule has 0 aromatic carbocycles. The van der Waals surface area contributed by atoms with Crippen LogP contribution in [-0.2, 0) is 4.79 Å². The molecule has 0 saturated carbocycles. The first-order valence-corrected chi connectivity index (χ1v) is 4.91. The number of carbonyl (C=O) groups excluding carboxylic acids is 1. The molecule has 0 fully saturated rings. The molecule has 13 heavy (non-hydrogen) atoms. The van der Waals surface area contributed by atoms with Crippen molar-refractivity contribution in [2.45, 2.75) is 6.04 Å². The Labute approximate surface area is 86.5 Å². The Balaban J connectivity index is 2.85. The Morgan fingerprint density at radius 1 is 1.54 bits per heavy atom. The molecule has 1 heterocycles. The highest BCUT2D eigenvalue weighted by Crippen LogP contribution is 2.22. The second kappa shape index (κ2) is 3.99. The van der Waals surface area contributed by atoms with Crippen LogP contribution in [0.4, 0.5) is 0 Å². The third kappa shape index (κ3) is 2.36. The summed E-state index contributed by atoms with van der Waals surface area (Å²) >= 11 is 4.33. The number of Topliss-reactive ketones (excluding diaryl/α,β-unsaturated/α-hetero) is 1. The fraction of sp³-hybridized carbons (Fsp3) is 0.143. The summed E-state index contributed by atoms with van der Waals surface area (Å²) in [4.78, 5) is 22.0. The molecule has 0 saturated heterocycles. The summed E-state index contributed by atoms with van der Waals surface area (Å²) in [6.45, 7) is 0. The summed E-state index contributed by atoms with van der Waals surface area (Å²) in [5, 5.41) is 8.47. The van der Waals surface area contributed by atoms with Crippen LogP contribution in [0.15, 0.2) is 15.9 Å². The Hall–Kier alpha value is -0.720. The van der Waals surface area contributed by atoms with Crippen molar-refractivity contribution in [3.63, 3.8) is 0 Å². The van der Waals surface area contributed by atoms with Gasteiger partial charge in [0.15, 0.2) is 6.04 Å². The van der Waals surface area contributed by atoms with E-state index < -0.39 is 17.8 Å². The first-order chi connectivity index (χ1) is 6.02. The number of carboxylic acids is 1. The second-order valence-electron chi connectivity index (χ2n) is 2.28. The predicted octanol–water partition coefficient (Wildman–Crippen LogP) is 1.11. The molecule has 1 unspecified atom stereocenters. The third-order valence-corrected chi connectivity index (χ3v) is 3.00. The van der Waals surface area contributed by atoms with Crippen molar-refractivity contribution >= 4 is 39.0 Å². The monoisotopic (exact) mass is 263 g/mol. The van der Waals surface area contributed by atoms with E-state index in [4.69, 9.17) is 10.8 Å². The number of thiophene rings is 1. The standard InChI is InChI=1S/C7H6BrNO3S/c8-4-2-1-3(13-4)6(10)5(9)7(11)12/h1-2,5H,9H2,(H,11,12). The average molecular weight is 264 g/mol. The van der Waals surface area contributed by atoms with E-state index in [-0.39, 0.29) is 0 Å². The molecule has 3 N–H and O–H groups in total. The molecule has 0 aliphatic rings. The smallest absolute Gasteiger partial charge is 0.328 e. The van der Waals surface area contributed by atoms with E-state index in [9.17, 15) is 9.59 Å². The lowest BCUT2D eigenvalue weighted by atomic mass is 10.2. The van der Waals surface area contributed by atoms with Gasteiger partial charge in [-0.25, -0.2) is 0 Å². The van der Waals surface area contributed by atoms with Crippen LogP contribution in [0.5, 0.6) is 0 Å². The van der Waals surface area contributed by atoms with E-state index in [0.717, 1.165) is 3.79 Å². The van der Waals surface area contributed by atoms with Crippen molar-refractivity contribution in [2.24, 2.45) is 5.73 Å². The van der Waals surface area contributed by atoms with Crippen molar-refractivity contribution in [1.82, 2.24) is 0 Å². The van der Waals surface area contributed by atoms with Crippen LogP contribution in [-0.4, -0.2) is 22.9 Å². The molecule has 1 aromatic rings. The SMILES string of the molecule is NC(C(=O)O)C(=O)c1ccc(Br)s1. The highest BCUT2D eigenvalue weighted by atomic mass is 79.9. The number of hydrogen-bond donors (Lipinski definition) is 2. The van der Waals surface area contributed by atoms with E-state index in [1.165, 1.54) is 11.3 Å². The zero-order valence-corrected chi connectivity index (χ0v) is 8.76. The van der Waals surface area contributed by atoms with Gasteiger partial charge in [0.1, 0.15) is 0 Å². The molecule has 1 aromatic heterocycles. The number of hydrogen-bond acceptors (Lipinski definition) is 4. The number of carboxylic acid groups (broad SMARTS) is 1. The number of nitrogens with two attached hydrogens (primary N) is 1. The van der Waals surface area contributed by atoms with Gasteiger partial charge in [-0.3, -0.25) is 9.59 Å². The topological polar surface area (TPSA) is 80.4 Å². The largest absolute Gasteiger partial charge is 0.480 e. The van der Waals surface area contributed by atoms with Crippen molar-refractivity contribution in [3.05, 3.63) is 20.8 Å². The average Bonchev–Trinajstić information content (AvgIpc) is 2.49. The van der Waals surface area contributed by atoms with Gasteiger partial charge in [-0.05, 0) is 28.1 Å². The van der Waals surface area contributed by atoms with E-state index >= 15 is 0 Å². The molecule has 0 spiro atoms. The van der Waals surface area contributed by atoms with Crippen LogP contribution in [0.25, 0.3) is 0 Å². The highest BCUT2D eigenvalue weighted by molar-refractivity contribution is 9.11. The van der Waals surface area contributed by atoms with E-state index in [0.29, 0.717) is 4.88 Å². The molecule has 1 atom stereocenters. The Bertz CT molecular complexity index is 349. The van der Waals surface area contributed by atoms with E-state index in [2.05, 4.69) is 15.9 Å². The maximum absolute atomic E-state index is 11.3. The number of halogens is 1. The van der Waals surface area contributed by atoms with Crippen LogP contribution in [0, 0.1) is 0 Å². The zero-order chi connectivity index (χ0) is 10.0. The molecule has 6 heteroatoms. The molecule has 70 valence electrons. The van der Waals surface area contributed by atoms with Gasteiger partial charge in [-0.2, -0.15) is 0 Å². The molecule has 0 aliphatic carbocycles. The Morgan fingerprint density at radius 3 is 2.54 bits per heavy atom. The fourth-order valence-electron chi connectivity index (χ4n) is 0.712. The van der Waals surface area contributed by atoms with Crippen LogP contribution in [0.1, 0.15) is 9.67 Å². The molecule has 4 nitrogen and oxygen atoms in total. The van der Waals surface area contributed by atoms with Crippen LogP contribution in [0.2, 0.25) is 0 Å². The van der Waals surface area contributed by atoms with Gasteiger partial charge in [-0.1, -0.05) is 0 Å². The molecule has 0 aliphatic heterocycles. The molecule has 1 rings (SSSR count). The lowest BCUT2D eigenvalue weighted by molar-refractivity contribution is -0.137. The summed E-state index contributed by atoms with van der Waals surface area (Å²) in [6.07, 6.45) is 0. The van der Waals surface area contributed by atoms with Crippen molar-refractivity contribution < 1.29 is 14.7 Å². The minimum absolute atomic E-state index is 0.349. The Morgan fingerprint density at radius 2 is 2.15 bits per heavy atom. The van der Waals surface area contributed by atoms with Crippen LogP contribution >= 0.6 is 27.3 Å². The van der Waals surface area contributed by atoms with Gasteiger partial charge < -0.3 is 10.8 Å². The minimum atomic E-state index is -1.47. The lowest BCUT2D eigenvalue weighted by Gasteiger charge is -2.01. The maximum Gasteiger partial charge on any atom is 0.328 e. The first kappa shape index (κ1) is 10.4. The minimum Gasteiger partial charge on any atom is -0.480 e. The predicted molar refractivity (Wildman–Crippen MR) is 52.0 cm³/mol. The molecule has 0 radical (unpaired) electrons. The van der Waals surface area contributed by atoms with Gasteiger partial charge >= 0.3 is 5.97 Å². The highest BCUT2D eigenvalue weighted by Gasteiger charge is 2.23. The van der Waals surface area contributed by atoms with Crippen molar-refractivity contribution in [1.29, 1.82) is 0 Å². The first-order valence-electron chi connectivity index (χ1n) is 3.30. The number of carbonyl (C=O) groups is 2. The van der Waals surface area contributed by atoms with Crippen molar-refractivity contribution in [2.75, 3.05) is 0 Å². The molecular weight excluding hydrogens is 258 g/mol. The van der Waals surface area contributed by atoms with Gasteiger partial charge in [-0.15, -0.1) is 11.3 Å².